The monoisotopic (exact) mass is 308 g/mol. The first-order chi connectivity index (χ1) is 10.1. The van der Waals surface area contributed by atoms with Crippen molar-refractivity contribution in [2.24, 2.45) is 0 Å². The van der Waals surface area contributed by atoms with Gasteiger partial charge in [-0.05, 0) is 24.1 Å². The molecule has 0 saturated carbocycles. The minimum absolute atomic E-state index is 0.119. The number of amides is 1. The van der Waals surface area contributed by atoms with E-state index < -0.39 is 12.0 Å². The Labute approximate surface area is 128 Å². The highest BCUT2D eigenvalue weighted by Crippen LogP contribution is 2.17. The number of carboxylic acid groups (broad SMARTS) is 1. The molecule has 1 aliphatic rings. The summed E-state index contributed by atoms with van der Waals surface area (Å²) in [6.07, 6.45) is 0.911. The summed E-state index contributed by atoms with van der Waals surface area (Å²) in [4.78, 5) is 25.0. The molecule has 21 heavy (non-hydrogen) atoms. The molecule has 1 unspecified atom stereocenters. The Morgan fingerprint density at radius 2 is 2.29 bits per heavy atom. The van der Waals surface area contributed by atoms with E-state index in [1.54, 1.807) is 16.7 Å². The van der Waals surface area contributed by atoms with Crippen LogP contribution in [0.25, 0.3) is 0 Å². The van der Waals surface area contributed by atoms with Crippen LogP contribution in [0.1, 0.15) is 12.5 Å². The molecule has 1 fully saturated rings. The molecule has 1 amide bonds. The Hall–Kier alpha value is -1.53. The molecule has 2 rings (SSSR count). The quantitative estimate of drug-likeness (QED) is 0.866. The molecule has 5 nitrogen and oxygen atoms in total. The van der Waals surface area contributed by atoms with Gasteiger partial charge in [0, 0.05) is 23.7 Å². The van der Waals surface area contributed by atoms with Gasteiger partial charge in [0.05, 0.1) is 6.54 Å². The maximum absolute atomic E-state index is 12.1. The first-order valence-electron chi connectivity index (χ1n) is 7.03. The maximum Gasteiger partial charge on any atom is 0.321 e. The maximum atomic E-state index is 12.1. The van der Waals surface area contributed by atoms with Crippen LogP contribution < -0.4 is 5.32 Å². The first kappa shape index (κ1) is 15.9. The van der Waals surface area contributed by atoms with Crippen molar-refractivity contribution in [2.45, 2.75) is 19.4 Å². The number of aliphatic carboxylic acids is 1. The Morgan fingerprint density at radius 1 is 1.48 bits per heavy atom. The molecule has 1 aliphatic heterocycles. The van der Waals surface area contributed by atoms with E-state index in [9.17, 15) is 14.7 Å². The normalized spacial score (nSPS) is 19.2. The Bertz CT molecular complexity index is 521. The average molecular weight is 308 g/mol. The summed E-state index contributed by atoms with van der Waals surface area (Å²) < 4.78 is 0. The predicted molar refractivity (Wildman–Crippen MR) is 84.8 cm³/mol. The van der Waals surface area contributed by atoms with Gasteiger partial charge in [-0.1, -0.05) is 19.1 Å². The zero-order valence-electron chi connectivity index (χ0n) is 12.0. The largest absolute Gasteiger partial charge is 0.480 e. The van der Waals surface area contributed by atoms with Crippen LogP contribution in [-0.4, -0.2) is 52.5 Å². The van der Waals surface area contributed by atoms with E-state index >= 15 is 0 Å². The minimum atomic E-state index is -0.858. The molecule has 0 aliphatic carbocycles. The van der Waals surface area contributed by atoms with E-state index in [1.165, 1.54) is 0 Å². The summed E-state index contributed by atoms with van der Waals surface area (Å²) in [6.45, 7) is 2.81. The molecule has 1 atom stereocenters. The highest BCUT2D eigenvalue weighted by molar-refractivity contribution is 7.99. The lowest BCUT2D eigenvalue weighted by molar-refractivity contribution is -0.142. The fourth-order valence-electron chi connectivity index (χ4n) is 2.31. The molecule has 114 valence electrons. The van der Waals surface area contributed by atoms with Crippen LogP contribution in [0.5, 0.6) is 0 Å². The third-order valence-corrected chi connectivity index (χ3v) is 4.51. The third-order valence-electron chi connectivity index (χ3n) is 3.49. The number of rotatable bonds is 5. The van der Waals surface area contributed by atoms with E-state index in [4.69, 9.17) is 0 Å². The molecule has 1 heterocycles. The fraction of sp³-hybridized carbons (Fsp3) is 0.467. The van der Waals surface area contributed by atoms with Gasteiger partial charge >= 0.3 is 5.97 Å². The van der Waals surface area contributed by atoms with Crippen LogP contribution >= 0.6 is 11.8 Å². The van der Waals surface area contributed by atoms with Gasteiger partial charge in [0.15, 0.2) is 0 Å². The van der Waals surface area contributed by atoms with Gasteiger partial charge in [-0.2, -0.15) is 11.8 Å². The molecular formula is C15H20N2O3S. The molecule has 1 aromatic carbocycles. The van der Waals surface area contributed by atoms with Crippen molar-refractivity contribution >= 4 is 29.3 Å². The van der Waals surface area contributed by atoms with Crippen molar-refractivity contribution in [1.82, 2.24) is 4.90 Å². The zero-order chi connectivity index (χ0) is 15.2. The van der Waals surface area contributed by atoms with Crippen LogP contribution in [0.3, 0.4) is 0 Å². The van der Waals surface area contributed by atoms with E-state index in [1.807, 2.05) is 24.3 Å². The lowest BCUT2D eigenvalue weighted by Gasteiger charge is -2.31. The Balaban J connectivity index is 1.95. The minimum Gasteiger partial charge on any atom is -0.480 e. The summed E-state index contributed by atoms with van der Waals surface area (Å²) in [5.41, 5.74) is 1.92. The number of hydrogen-bond acceptors (Lipinski definition) is 4. The number of carbonyl (C=O) groups excluding carboxylic acids is 1. The van der Waals surface area contributed by atoms with Crippen molar-refractivity contribution in [1.29, 1.82) is 0 Å². The lowest BCUT2D eigenvalue weighted by Crippen LogP contribution is -2.50. The third kappa shape index (κ3) is 4.47. The van der Waals surface area contributed by atoms with Gasteiger partial charge in [-0.15, -0.1) is 0 Å². The molecule has 0 bridgehead atoms. The molecule has 6 heteroatoms. The predicted octanol–water partition coefficient (Wildman–Crippen LogP) is 1.69. The standard InChI is InChI=1S/C15H20N2O3S/c1-2-11-4-3-5-12(8-11)16-14(18)9-17-6-7-21-10-13(17)15(19)20/h3-5,8,13H,2,6-7,9-10H2,1H3,(H,16,18)(H,19,20). The van der Waals surface area contributed by atoms with Gasteiger partial charge in [-0.25, -0.2) is 0 Å². The molecular weight excluding hydrogens is 288 g/mol. The van der Waals surface area contributed by atoms with Crippen molar-refractivity contribution < 1.29 is 14.7 Å². The Morgan fingerprint density at radius 3 is 3.00 bits per heavy atom. The van der Waals surface area contributed by atoms with E-state index in [0.29, 0.717) is 12.3 Å². The highest BCUT2D eigenvalue weighted by atomic mass is 32.2. The summed E-state index contributed by atoms with van der Waals surface area (Å²) in [7, 11) is 0. The number of aryl methyl sites for hydroxylation is 1. The van der Waals surface area contributed by atoms with Crippen LogP contribution in [0.15, 0.2) is 24.3 Å². The van der Waals surface area contributed by atoms with Crippen LogP contribution in [0, 0.1) is 0 Å². The molecule has 0 radical (unpaired) electrons. The smallest absolute Gasteiger partial charge is 0.321 e. The highest BCUT2D eigenvalue weighted by Gasteiger charge is 2.30. The number of hydrogen-bond donors (Lipinski definition) is 2. The van der Waals surface area contributed by atoms with Gasteiger partial charge in [0.25, 0.3) is 0 Å². The van der Waals surface area contributed by atoms with E-state index in [-0.39, 0.29) is 12.5 Å². The topological polar surface area (TPSA) is 69.6 Å². The van der Waals surface area contributed by atoms with Crippen LogP contribution in [0.4, 0.5) is 5.69 Å². The number of thioether (sulfide) groups is 1. The summed E-state index contributed by atoms with van der Waals surface area (Å²) in [6, 6.07) is 7.14. The second-order valence-electron chi connectivity index (χ2n) is 5.00. The summed E-state index contributed by atoms with van der Waals surface area (Å²) >= 11 is 1.62. The molecule has 1 aromatic rings. The lowest BCUT2D eigenvalue weighted by atomic mass is 10.1. The number of nitrogens with zero attached hydrogens (tertiary/aromatic N) is 1. The number of carboxylic acids is 1. The second-order valence-corrected chi connectivity index (χ2v) is 6.15. The Kier molecular flexibility index (Phi) is 5.64. The SMILES string of the molecule is CCc1cccc(NC(=O)CN2CCSCC2C(=O)O)c1. The van der Waals surface area contributed by atoms with Gasteiger partial charge in [-0.3, -0.25) is 14.5 Å². The van der Waals surface area contributed by atoms with Gasteiger partial charge in [0.1, 0.15) is 6.04 Å². The summed E-state index contributed by atoms with van der Waals surface area (Å²) in [5, 5.41) is 12.0. The van der Waals surface area contributed by atoms with Gasteiger partial charge < -0.3 is 10.4 Å². The first-order valence-corrected chi connectivity index (χ1v) is 8.19. The van der Waals surface area contributed by atoms with Crippen molar-refractivity contribution in [3.8, 4) is 0 Å². The van der Waals surface area contributed by atoms with Crippen LogP contribution in [0.2, 0.25) is 0 Å². The van der Waals surface area contributed by atoms with Crippen LogP contribution in [-0.2, 0) is 16.0 Å². The average Bonchev–Trinajstić information content (AvgIpc) is 2.47. The number of carbonyl (C=O) groups is 2. The number of nitrogens with one attached hydrogen (secondary N) is 1. The molecule has 0 aromatic heterocycles. The molecule has 2 N–H and O–H groups in total. The second kappa shape index (κ2) is 7.47. The van der Waals surface area contributed by atoms with E-state index in [0.717, 1.165) is 23.4 Å². The van der Waals surface area contributed by atoms with Gasteiger partial charge in [0.2, 0.25) is 5.91 Å². The molecule has 0 spiro atoms. The fourth-order valence-corrected chi connectivity index (χ4v) is 3.42. The molecule has 1 saturated heterocycles. The van der Waals surface area contributed by atoms with Crippen molar-refractivity contribution in [2.75, 3.05) is 29.9 Å². The number of anilines is 1. The van der Waals surface area contributed by atoms with Crippen molar-refractivity contribution in [3.63, 3.8) is 0 Å². The zero-order valence-corrected chi connectivity index (χ0v) is 12.9. The summed E-state index contributed by atoms with van der Waals surface area (Å²) in [5.74, 6) is 0.375. The number of benzene rings is 1. The van der Waals surface area contributed by atoms with Crippen molar-refractivity contribution in [3.05, 3.63) is 29.8 Å². The van der Waals surface area contributed by atoms with E-state index in [2.05, 4.69) is 12.2 Å².